The highest BCUT2D eigenvalue weighted by molar-refractivity contribution is 6.31. The van der Waals surface area contributed by atoms with Crippen LogP contribution in [-0.2, 0) is 4.74 Å². The Balaban J connectivity index is 2.26. The average molecular weight is 284 g/mol. The van der Waals surface area contributed by atoms with Gasteiger partial charge in [0.1, 0.15) is 5.75 Å². The summed E-state index contributed by atoms with van der Waals surface area (Å²) in [5.74, 6) is 1.26. The van der Waals surface area contributed by atoms with Crippen molar-refractivity contribution in [3.8, 4) is 5.75 Å². The molecule has 1 aliphatic rings. The molecule has 0 saturated carbocycles. The van der Waals surface area contributed by atoms with E-state index in [2.05, 4.69) is 12.2 Å². The zero-order valence-corrected chi connectivity index (χ0v) is 12.5. The van der Waals surface area contributed by atoms with Crippen LogP contribution in [0.25, 0.3) is 0 Å². The molecule has 3 unspecified atom stereocenters. The Bertz CT molecular complexity index is 425. The van der Waals surface area contributed by atoms with Crippen molar-refractivity contribution in [3.63, 3.8) is 0 Å². The molecule has 1 aromatic rings. The van der Waals surface area contributed by atoms with Crippen LogP contribution < -0.4 is 10.1 Å². The highest BCUT2D eigenvalue weighted by Crippen LogP contribution is 2.38. The number of nitrogens with one attached hydrogen (secondary N) is 1. The fourth-order valence-corrected chi connectivity index (χ4v) is 3.24. The highest BCUT2D eigenvalue weighted by atomic mass is 35.5. The molecule has 3 atom stereocenters. The van der Waals surface area contributed by atoms with E-state index in [1.807, 2.05) is 25.2 Å². The van der Waals surface area contributed by atoms with Gasteiger partial charge in [0.05, 0.1) is 13.2 Å². The van der Waals surface area contributed by atoms with Gasteiger partial charge in [-0.3, -0.25) is 0 Å². The molecule has 19 heavy (non-hydrogen) atoms. The fourth-order valence-electron chi connectivity index (χ4n) is 2.95. The van der Waals surface area contributed by atoms with E-state index in [0.29, 0.717) is 12.0 Å². The normalized spacial score (nSPS) is 24.4. The third-order valence-electron chi connectivity index (χ3n) is 3.94. The zero-order valence-electron chi connectivity index (χ0n) is 11.8. The number of benzene rings is 1. The van der Waals surface area contributed by atoms with Crippen LogP contribution in [0.5, 0.6) is 5.75 Å². The lowest BCUT2D eigenvalue weighted by atomic mass is 9.86. The summed E-state index contributed by atoms with van der Waals surface area (Å²) in [5, 5.41) is 4.15. The Hall–Kier alpha value is -0.770. The molecule has 0 aromatic heterocycles. The average Bonchev–Trinajstić information content (AvgIpc) is 2.89. The van der Waals surface area contributed by atoms with Gasteiger partial charge in [-0.2, -0.15) is 0 Å². The minimum Gasteiger partial charge on any atom is -0.497 e. The largest absolute Gasteiger partial charge is 0.497 e. The van der Waals surface area contributed by atoms with Gasteiger partial charge in [-0.1, -0.05) is 24.6 Å². The first-order valence-electron chi connectivity index (χ1n) is 6.83. The number of methoxy groups -OCH3 is 1. The molecule has 1 heterocycles. The van der Waals surface area contributed by atoms with Crippen molar-refractivity contribution in [1.82, 2.24) is 5.32 Å². The lowest BCUT2D eigenvalue weighted by Crippen LogP contribution is -2.30. The summed E-state index contributed by atoms with van der Waals surface area (Å²) in [5.41, 5.74) is 1.12. The zero-order chi connectivity index (χ0) is 13.8. The second-order valence-corrected chi connectivity index (χ2v) is 5.33. The lowest BCUT2D eigenvalue weighted by Gasteiger charge is -2.28. The summed E-state index contributed by atoms with van der Waals surface area (Å²) < 4.78 is 11.0. The molecular formula is C15H22ClNO2. The smallest absolute Gasteiger partial charge is 0.120 e. The third kappa shape index (κ3) is 3.04. The van der Waals surface area contributed by atoms with E-state index in [-0.39, 0.29) is 6.04 Å². The molecule has 2 rings (SSSR count). The van der Waals surface area contributed by atoms with Crippen LogP contribution in [0.2, 0.25) is 5.02 Å². The van der Waals surface area contributed by atoms with Crippen molar-refractivity contribution >= 4 is 11.6 Å². The maximum absolute atomic E-state index is 6.39. The summed E-state index contributed by atoms with van der Waals surface area (Å²) in [4.78, 5) is 0. The van der Waals surface area contributed by atoms with Crippen LogP contribution in [0.3, 0.4) is 0 Å². The standard InChI is InChI=1S/C15H22ClNO2/c1-4-14-12(7-8-19-14)15(17-2)11-6-5-10(18-3)9-13(11)16/h5-6,9,12,14-15,17H,4,7-8H2,1-3H3. The molecule has 1 fully saturated rings. The Morgan fingerprint density at radius 2 is 2.32 bits per heavy atom. The number of hydrogen-bond acceptors (Lipinski definition) is 3. The molecule has 3 nitrogen and oxygen atoms in total. The first-order chi connectivity index (χ1) is 9.21. The second-order valence-electron chi connectivity index (χ2n) is 4.92. The quantitative estimate of drug-likeness (QED) is 0.898. The van der Waals surface area contributed by atoms with Crippen molar-refractivity contribution in [2.24, 2.45) is 5.92 Å². The highest BCUT2D eigenvalue weighted by Gasteiger charge is 2.34. The van der Waals surface area contributed by atoms with Gasteiger partial charge in [-0.05, 0) is 37.6 Å². The molecular weight excluding hydrogens is 262 g/mol. The van der Waals surface area contributed by atoms with Gasteiger partial charge in [-0.15, -0.1) is 0 Å². The molecule has 0 bridgehead atoms. The predicted octanol–water partition coefficient (Wildman–Crippen LogP) is 3.42. The van der Waals surface area contributed by atoms with Crippen LogP contribution in [-0.4, -0.2) is 26.9 Å². The molecule has 1 N–H and O–H groups in total. The van der Waals surface area contributed by atoms with Crippen molar-refractivity contribution in [3.05, 3.63) is 28.8 Å². The predicted molar refractivity (Wildman–Crippen MR) is 77.9 cm³/mol. The van der Waals surface area contributed by atoms with E-state index in [4.69, 9.17) is 21.1 Å². The van der Waals surface area contributed by atoms with Gasteiger partial charge in [0.2, 0.25) is 0 Å². The first-order valence-corrected chi connectivity index (χ1v) is 7.21. The molecule has 4 heteroatoms. The summed E-state index contributed by atoms with van der Waals surface area (Å²) in [6.07, 6.45) is 2.43. The Kier molecular flexibility index (Phi) is 5.08. The van der Waals surface area contributed by atoms with Gasteiger partial charge >= 0.3 is 0 Å². The molecule has 1 aliphatic heterocycles. The van der Waals surface area contributed by atoms with E-state index in [0.717, 1.165) is 35.8 Å². The van der Waals surface area contributed by atoms with Crippen molar-refractivity contribution in [2.45, 2.75) is 31.9 Å². The third-order valence-corrected chi connectivity index (χ3v) is 4.27. The molecule has 0 amide bonds. The van der Waals surface area contributed by atoms with E-state index in [1.165, 1.54) is 0 Å². The minimum atomic E-state index is 0.228. The minimum absolute atomic E-state index is 0.228. The summed E-state index contributed by atoms with van der Waals surface area (Å²) >= 11 is 6.39. The van der Waals surface area contributed by atoms with E-state index in [1.54, 1.807) is 7.11 Å². The Morgan fingerprint density at radius 3 is 2.89 bits per heavy atom. The maximum Gasteiger partial charge on any atom is 0.120 e. The summed E-state index contributed by atoms with van der Waals surface area (Å²) in [6, 6.07) is 6.11. The molecule has 0 spiro atoms. The lowest BCUT2D eigenvalue weighted by molar-refractivity contribution is 0.0782. The van der Waals surface area contributed by atoms with Crippen molar-refractivity contribution in [1.29, 1.82) is 0 Å². The van der Waals surface area contributed by atoms with E-state index >= 15 is 0 Å². The SMILES string of the molecule is CCC1OCCC1C(NC)c1ccc(OC)cc1Cl. The molecule has 106 valence electrons. The van der Waals surface area contributed by atoms with Crippen LogP contribution >= 0.6 is 11.6 Å². The van der Waals surface area contributed by atoms with Crippen LogP contribution in [0.1, 0.15) is 31.4 Å². The maximum atomic E-state index is 6.39. The number of ether oxygens (including phenoxy) is 2. The Labute approximate surface area is 120 Å². The Morgan fingerprint density at radius 1 is 1.53 bits per heavy atom. The van der Waals surface area contributed by atoms with Crippen molar-refractivity contribution < 1.29 is 9.47 Å². The molecule has 1 saturated heterocycles. The second kappa shape index (κ2) is 6.60. The molecule has 1 aromatic carbocycles. The summed E-state index contributed by atoms with van der Waals surface area (Å²) in [7, 11) is 3.63. The first kappa shape index (κ1) is 14.6. The van der Waals surface area contributed by atoms with Gasteiger partial charge in [0, 0.05) is 23.6 Å². The number of halogens is 1. The van der Waals surface area contributed by atoms with Crippen molar-refractivity contribution in [2.75, 3.05) is 20.8 Å². The van der Waals surface area contributed by atoms with E-state index < -0.39 is 0 Å². The topological polar surface area (TPSA) is 30.5 Å². The van der Waals surface area contributed by atoms with Gasteiger partial charge in [0.15, 0.2) is 0 Å². The van der Waals surface area contributed by atoms with E-state index in [9.17, 15) is 0 Å². The monoisotopic (exact) mass is 283 g/mol. The molecule has 0 aliphatic carbocycles. The summed E-state index contributed by atoms with van der Waals surface area (Å²) in [6.45, 7) is 3.01. The van der Waals surface area contributed by atoms with Gasteiger partial charge in [0.25, 0.3) is 0 Å². The van der Waals surface area contributed by atoms with Gasteiger partial charge in [-0.25, -0.2) is 0 Å². The van der Waals surface area contributed by atoms with Crippen LogP contribution in [0.15, 0.2) is 18.2 Å². The van der Waals surface area contributed by atoms with Crippen LogP contribution in [0, 0.1) is 5.92 Å². The van der Waals surface area contributed by atoms with Crippen LogP contribution in [0.4, 0.5) is 0 Å². The number of hydrogen-bond donors (Lipinski definition) is 1. The molecule has 0 radical (unpaired) electrons. The number of rotatable bonds is 5. The fraction of sp³-hybridized carbons (Fsp3) is 0.600. The van der Waals surface area contributed by atoms with Gasteiger partial charge < -0.3 is 14.8 Å².